The second-order valence-electron chi connectivity index (χ2n) is 7.02. The summed E-state index contributed by atoms with van der Waals surface area (Å²) in [7, 11) is 0. The molecule has 0 bridgehead atoms. The molecule has 3 amide bonds. The largest absolute Gasteiger partial charge is 0.338 e. The number of piperidine rings is 1. The van der Waals surface area contributed by atoms with Gasteiger partial charge in [0, 0.05) is 45.7 Å². The van der Waals surface area contributed by atoms with Crippen LogP contribution in [0.25, 0.3) is 0 Å². The van der Waals surface area contributed by atoms with E-state index in [-0.39, 0.29) is 62.3 Å². The Balaban J connectivity index is 0.000000425. The molecule has 2 heterocycles. The Bertz CT molecular complexity index is 631. The SMILES string of the molecule is O=C1CCC(N2Cc3[c-]cccc3C2=O)C(=O)N1.[CH2-]C(C)(C)C.[Y]. The fraction of sp³-hybridized carbons (Fsp3) is 0.444. The van der Waals surface area contributed by atoms with E-state index in [1.807, 2.05) is 0 Å². The van der Waals surface area contributed by atoms with Crippen LogP contribution in [0.1, 0.15) is 49.5 Å². The van der Waals surface area contributed by atoms with Crippen LogP contribution >= 0.6 is 0 Å². The van der Waals surface area contributed by atoms with Crippen LogP contribution in [-0.2, 0) is 48.8 Å². The van der Waals surface area contributed by atoms with Crippen molar-refractivity contribution in [2.24, 2.45) is 5.41 Å². The van der Waals surface area contributed by atoms with Crippen LogP contribution < -0.4 is 5.32 Å². The molecule has 24 heavy (non-hydrogen) atoms. The zero-order valence-corrected chi connectivity index (χ0v) is 17.2. The molecule has 1 fully saturated rings. The molecular weight excluding hydrogens is 381 g/mol. The van der Waals surface area contributed by atoms with Crippen LogP contribution in [0.3, 0.4) is 0 Å². The smallest absolute Gasteiger partial charge is 0.249 e. The van der Waals surface area contributed by atoms with Crippen molar-refractivity contribution in [3.8, 4) is 0 Å². The molecule has 0 saturated carbocycles. The van der Waals surface area contributed by atoms with Gasteiger partial charge in [-0.15, -0.1) is 5.56 Å². The maximum Gasteiger partial charge on any atom is 0.249 e. The van der Waals surface area contributed by atoms with Crippen molar-refractivity contribution in [2.75, 3.05) is 0 Å². The molecule has 2 aliphatic rings. The summed E-state index contributed by atoms with van der Waals surface area (Å²) in [6.45, 7) is 10.4. The van der Waals surface area contributed by atoms with Gasteiger partial charge in [0.1, 0.15) is 6.04 Å². The average Bonchev–Trinajstić information content (AvgIpc) is 2.75. The molecule has 3 rings (SSSR count). The molecule has 127 valence electrons. The van der Waals surface area contributed by atoms with Crippen molar-refractivity contribution < 1.29 is 47.1 Å². The van der Waals surface area contributed by atoms with E-state index in [0.29, 0.717) is 18.5 Å². The van der Waals surface area contributed by atoms with Gasteiger partial charge in [-0.1, -0.05) is 26.3 Å². The third kappa shape index (κ3) is 5.49. The molecule has 1 aromatic carbocycles. The standard InChI is InChI=1S/C13H11N2O3.C5H11.Y/c16-11-6-5-10(12(17)14-11)15-7-8-3-1-2-4-9(8)13(15)18;1-5(2,3)4;/h1-2,4,10H,5-7H2,(H,14,16,17);1H2,2-4H3;/q2*-1;. The molecule has 5 nitrogen and oxygen atoms in total. The van der Waals surface area contributed by atoms with Gasteiger partial charge in [0.2, 0.25) is 11.8 Å². The van der Waals surface area contributed by atoms with E-state index in [4.69, 9.17) is 0 Å². The van der Waals surface area contributed by atoms with E-state index < -0.39 is 6.04 Å². The summed E-state index contributed by atoms with van der Waals surface area (Å²) in [5, 5.41) is 2.27. The predicted octanol–water partition coefficient (Wildman–Crippen LogP) is 2.11. The van der Waals surface area contributed by atoms with Crippen molar-refractivity contribution in [2.45, 2.75) is 46.2 Å². The quantitative estimate of drug-likeness (QED) is 0.577. The van der Waals surface area contributed by atoms with Gasteiger partial charge in [-0.3, -0.25) is 19.7 Å². The first-order valence-corrected chi connectivity index (χ1v) is 7.66. The zero-order valence-electron chi connectivity index (χ0n) is 14.4. The van der Waals surface area contributed by atoms with Crippen LogP contribution in [0.2, 0.25) is 0 Å². The minimum Gasteiger partial charge on any atom is -0.338 e. The summed E-state index contributed by atoms with van der Waals surface area (Å²) in [4.78, 5) is 36.5. The van der Waals surface area contributed by atoms with Crippen LogP contribution in [0, 0.1) is 18.4 Å². The van der Waals surface area contributed by atoms with E-state index in [1.165, 1.54) is 4.90 Å². The Morgan fingerprint density at radius 2 is 1.92 bits per heavy atom. The fourth-order valence-corrected chi connectivity index (χ4v) is 2.43. The number of benzene rings is 1. The molecule has 0 aliphatic carbocycles. The number of nitrogens with zero attached hydrogens (tertiary/aromatic N) is 1. The monoisotopic (exact) mass is 403 g/mol. The first-order chi connectivity index (χ1) is 10.7. The molecule has 1 saturated heterocycles. The number of hydrogen-bond donors (Lipinski definition) is 1. The first kappa shape index (κ1) is 21.0. The number of hydrogen-bond acceptors (Lipinski definition) is 3. The summed E-state index contributed by atoms with van der Waals surface area (Å²) in [5.41, 5.74) is 1.66. The predicted molar refractivity (Wildman–Crippen MR) is 86.1 cm³/mol. The maximum absolute atomic E-state index is 12.2. The van der Waals surface area contributed by atoms with E-state index in [0.717, 1.165) is 5.56 Å². The Morgan fingerprint density at radius 1 is 1.29 bits per heavy atom. The molecule has 1 unspecified atom stereocenters. The van der Waals surface area contributed by atoms with E-state index in [9.17, 15) is 14.4 Å². The van der Waals surface area contributed by atoms with Crippen LogP contribution in [0.15, 0.2) is 18.2 Å². The minimum atomic E-state index is -0.545. The Hall–Kier alpha value is -1.07. The number of amides is 3. The molecule has 1 atom stereocenters. The third-order valence-electron chi connectivity index (χ3n) is 3.35. The Morgan fingerprint density at radius 3 is 2.46 bits per heavy atom. The molecule has 1 aromatic rings. The van der Waals surface area contributed by atoms with Crippen molar-refractivity contribution in [3.63, 3.8) is 0 Å². The normalized spacial score (nSPS) is 19.8. The Kier molecular flexibility index (Phi) is 7.30. The van der Waals surface area contributed by atoms with E-state index in [2.05, 4.69) is 39.1 Å². The number of fused-ring (bicyclic) bond motifs is 1. The molecule has 0 spiro atoms. The third-order valence-corrected chi connectivity index (χ3v) is 3.35. The van der Waals surface area contributed by atoms with Gasteiger partial charge in [-0.25, -0.2) is 0 Å². The second-order valence-corrected chi connectivity index (χ2v) is 7.02. The van der Waals surface area contributed by atoms with Crippen LogP contribution in [0.5, 0.6) is 0 Å². The van der Waals surface area contributed by atoms with Gasteiger partial charge in [0.15, 0.2) is 5.91 Å². The van der Waals surface area contributed by atoms with E-state index in [1.54, 1.807) is 18.2 Å². The number of imide groups is 1. The van der Waals surface area contributed by atoms with Crippen molar-refractivity contribution in [1.29, 1.82) is 0 Å². The van der Waals surface area contributed by atoms with Crippen molar-refractivity contribution in [3.05, 3.63) is 42.3 Å². The second kappa shape index (κ2) is 8.35. The fourth-order valence-electron chi connectivity index (χ4n) is 2.43. The first-order valence-electron chi connectivity index (χ1n) is 7.66. The molecule has 1 N–H and O–H groups in total. The van der Waals surface area contributed by atoms with Crippen molar-refractivity contribution in [1.82, 2.24) is 10.2 Å². The van der Waals surface area contributed by atoms with Gasteiger partial charge in [-0.2, -0.15) is 29.7 Å². The summed E-state index contributed by atoms with van der Waals surface area (Å²) in [5.74, 6) is -0.810. The Labute approximate surface area is 168 Å². The molecule has 0 aromatic heterocycles. The van der Waals surface area contributed by atoms with Gasteiger partial charge in [0.25, 0.3) is 0 Å². The van der Waals surface area contributed by atoms with Gasteiger partial charge < -0.3 is 11.8 Å². The average molecular weight is 403 g/mol. The molecule has 6 heteroatoms. The van der Waals surface area contributed by atoms with Crippen LogP contribution in [-0.4, -0.2) is 28.7 Å². The summed E-state index contributed by atoms with van der Waals surface area (Å²) in [6, 6.07) is 7.71. The topological polar surface area (TPSA) is 66.5 Å². The molecular formula is C18H22N2O3Y-2. The molecule has 1 radical (unpaired) electrons. The van der Waals surface area contributed by atoms with Gasteiger partial charge in [0.05, 0.1) is 0 Å². The number of rotatable bonds is 1. The minimum absolute atomic E-state index is 0. The zero-order chi connectivity index (χ0) is 17.2. The number of carbonyl (C=O) groups excluding carboxylic acids is 3. The van der Waals surface area contributed by atoms with E-state index >= 15 is 0 Å². The number of nitrogens with one attached hydrogen (secondary N) is 1. The maximum atomic E-state index is 12.2. The van der Waals surface area contributed by atoms with Gasteiger partial charge >= 0.3 is 0 Å². The summed E-state index contributed by atoms with van der Waals surface area (Å²) >= 11 is 0. The number of carbonyl (C=O) groups is 3. The molecule has 2 aliphatic heterocycles. The summed E-state index contributed by atoms with van der Waals surface area (Å²) in [6.07, 6.45) is 0.671. The van der Waals surface area contributed by atoms with Gasteiger partial charge in [-0.05, 0) is 6.42 Å². The van der Waals surface area contributed by atoms with Crippen molar-refractivity contribution >= 4 is 17.7 Å². The van der Waals surface area contributed by atoms with Crippen LogP contribution in [0.4, 0.5) is 0 Å². The summed E-state index contributed by atoms with van der Waals surface area (Å²) < 4.78 is 0.